The number of amides is 3. The van der Waals surface area contributed by atoms with Gasteiger partial charge in [-0.15, -0.1) is 0 Å². The Balaban J connectivity index is 0.000000193. The number of hydrogen-bond donors (Lipinski definition) is 8. The normalized spacial score (nSPS) is 14.3. The van der Waals surface area contributed by atoms with Crippen LogP contribution in [-0.4, -0.2) is 127 Å². The van der Waals surface area contributed by atoms with Crippen LogP contribution in [0.2, 0.25) is 20.1 Å². The molecule has 4 aliphatic rings. The number of hydrogen-bond acceptors (Lipinski definition) is 16. The van der Waals surface area contributed by atoms with Crippen molar-refractivity contribution < 1.29 is 82.5 Å². The molecule has 0 bridgehead atoms. The Morgan fingerprint density at radius 2 is 0.651 bits per heavy atom. The van der Waals surface area contributed by atoms with E-state index >= 15 is 0 Å². The average Bonchev–Trinajstić information content (AvgIpc) is 1.65. The van der Waals surface area contributed by atoms with E-state index in [0.717, 1.165) is 44.5 Å². The molecular weight excluding hydrogens is 1550 g/mol. The van der Waals surface area contributed by atoms with E-state index < -0.39 is 63.8 Å². The van der Waals surface area contributed by atoms with Gasteiger partial charge in [-0.05, 0) is 142 Å². The van der Waals surface area contributed by atoms with Gasteiger partial charge in [-0.2, -0.15) is 0 Å². The number of nitrogens with one attached hydrogen (secondary N) is 3. The number of carbonyl (C=O) groups is 8. The molecule has 12 rings (SSSR count). The number of phenols is 2. The number of rotatable bonds is 18. The molecule has 0 atom stereocenters. The molecular formula is C83H89BrCl4N4O17. The van der Waals surface area contributed by atoms with Gasteiger partial charge in [-0.25, -0.2) is 19.2 Å². The molecule has 8 aromatic rings. The summed E-state index contributed by atoms with van der Waals surface area (Å²) in [6.07, 6.45) is 2.78. The summed E-state index contributed by atoms with van der Waals surface area (Å²) < 4.78 is 26.9. The quantitative estimate of drug-likeness (QED) is 0.0225. The first-order chi connectivity index (χ1) is 51.7. The number of carboxylic acid groups (broad SMARTS) is 2. The second-order valence-electron chi connectivity index (χ2n) is 26.9. The van der Waals surface area contributed by atoms with Gasteiger partial charge in [-0.3, -0.25) is 19.2 Å². The molecule has 9 N–H and O–H groups in total. The third kappa shape index (κ3) is 22.3. The molecule has 0 aliphatic heterocycles. The van der Waals surface area contributed by atoms with Crippen LogP contribution < -0.4 is 31.2 Å². The van der Waals surface area contributed by atoms with Crippen LogP contribution in [0.3, 0.4) is 0 Å². The lowest BCUT2D eigenvalue weighted by atomic mass is 9.95. The minimum atomic E-state index is -1.38. The Bertz CT molecular complexity index is 4510. The monoisotopic (exact) mass is 1630 g/mol. The number of fused-ring (bicyclic) bond motifs is 4. The van der Waals surface area contributed by atoms with Crippen molar-refractivity contribution in [1.82, 2.24) is 16.0 Å². The van der Waals surface area contributed by atoms with E-state index in [9.17, 15) is 48.6 Å². The van der Waals surface area contributed by atoms with Crippen molar-refractivity contribution in [2.24, 2.45) is 5.73 Å². The largest absolute Gasteiger partial charge is 0.506 e. The van der Waals surface area contributed by atoms with Gasteiger partial charge in [0.1, 0.15) is 39.2 Å². The molecule has 21 nitrogen and oxygen atoms in total. The fourth-order valence-electron chi connectivity index (χ4n) is 12.6. The van der Waals surface area contributed by atoms with Crippen molar-refractivity contribution in [1.29, 1.82) is 0 Å². The Morgan fingerprint density at radius 3 is 0.945 bits per heavy atom. The van der Waals surface area contributed by atoms with Crippen molar-refractivity contribution in [3.63, 3.8) is 0 Å². The van der Waals surface area contributed by atoms with Gasteiger partial charge in [0.15, 0.2) is 11.5 Å². The van der Waals surface area contributed by atoms with Crippen molar-refractivity contribution >= 4 is 110 Å². The van der Waals surface area contributed by atoms with Crippen LogP contribution in [0.15, 0.2) is 170 Å². The van der Waals surface area contributed by atoms with Gasteiger partial charge in [0.25, 0.3) is 17.7 Å². The molecule has 4 aliphatic carbocycles. The highest BCUT2D eigenvalue weighted by Crippen LogP contribution is 2.39. The zero-order valence-electron chi connectivity index (χ0n) is 61.7. The van der Waals surface area contributed by atoms with E-state index in [0.29, 0.717) is 71.3 Å². The first-order valence-corrected chi connectivity index (χ1v) is 37.6. The minimum absolute atomic E-state index is 0.0205. The van der Waals surface area contributed by atoms with Gasteiger partial charge < -0.3 is 65.8 Å². The lowest BCUT2D eigenvalue weighted by molar-refractivity contribution is -0.151. The maximum absolute atomic E-state index is 13.2. The Hall–Kier alpha value is -9.68. The molecule has 0 saturated carbocycles. The maximum atomic E-state index is 13.2. The number of aromatic carboxylic acids is 1. The van der Waals surface area contributed by atoms with Gasteiger partial charge in [-0.1, -0.05) is 198 Å². The zero-order valence-corrected chi connectivity index (χ0v) is 66.3. The molecule has 0 radical (unpaired) electrons. The molecule has 0 fully saturated rings. The van der Waals surface area contributed by atoms with Crippen LogP contribution in [0, 0.1) is 0 Å². The molecule has 8 aromatic carbocycles. The van der Waals surface area contributed by atoms with Crippen LogP contribution in [-0.2, 0) is 84.8 Å². The van der Waals surface area contributed by atoms with Crippen molar-refractivity contribution in [2.45, 2.75) is 153 Å². The Morgan fingerprint density at radius 1 is 0.394 bits per heavy atom. The summed E-state index contributed by atoms with van der Waals surface area (Å²) in [6.45, 7) is 17.7. The van der Waals surface area contributed by atoms with E-state index in [1.54, 1.807) is 63.2 Å². The highest BCUT2D eigenvalue weighted by Gasteiger charge is 2.50. The summed E-state index contributed by atoms with van der Waals surface area (Å²) in [5, 5.41) is 46.6. The Kier molecular flexibility index (Phi) is 31.1. The summed E-state index contributed by atoms with van der Waals surface area (Å²) in [6, 6.07) is 49.4. The fraction of sp³-hybridized carbons (Fsp3) is 0.325. The molecule has 0 aromatic heterocycles. The molecule has 0 spiro atoms. The zero-order chi connectivity index (χ0) is 80.1. The van der Waals surface area contributed by atoms with Gasteiger partial charge in [0.2, 0.25) is 0 Å². The van der Waals surface area contributed by atoms with Gasteiger partial charge in [0, 0.05) is 56.2 Å². The van der Waals surface area contributed by atoms with Crippen LogP contribution in [0.5, 0.6) is 23.0 Å². The second kappa shape index (κ2) is 39.1. The molecule has 109 heavy (non-hydrogen) atoms. The van der Waals surface area contributed by atoms with Crippen molar-refractivity contribution in [3.8, 4) is 23.0 Å². The SMILES string of the molecule is CC(C)Br.CC(C)Oc1c(Cl)cccc1C(=O)NC1(C(=O)O)Cc2ccccc2C1.CCOC(=O)C1(N)Cc2ccccc2C1.CCOC(=O)C1(NC(=O)c2cccc(Cl)c2O)Cc2ccccc2C1.CCOC(=O)C1(NC(=O)c2cccc(Cl)c2OC(C)C)Cc2ccccc2C1.O=C(O)c1cccc(Cl)c1O. The standard InChI is InChI=1S/C22H24ClNO4.C20H20ClNO4.C19H18ClNO4.C12H15NO2.C7H5ClO3.C3H7Br/c1-4-27-21(26)22(12-15-8-5-6-9-16(15)13-22)24-20(25)17-10-7-11-18(23)19(17)28-14(2)3;1-12(2)26-17-15(8-5-9-16(17)21)18(23)22-20(19(24)25)10-13-6-3-4-7-14(13)11-20;1-2-25-18(24)19(10-12-6-3-4-7-13(12)11-19)21-17(23)14-8-5-9-15(20)16(14)22;1-2-15-11(14)12(13)7-9-5-3-4-6-10(9)8-12;8-5-3-1-2-4(6(5)9)7(10)11;1-3(2)4/h5-11,14H,4,12-13H2,1-3H3,(H,24,25);3-9,12H,10-11H2,1-2H3,(H,22,23)(H,24,25);3-9,22H,2,10-11H2,1H3,(H,21,23);3-6H,2,7-8,13H2,1H3;1-3,9H,(H,10,11);3H,1-2H3. The molecule has 0 heterocycles. The predicted octanol–water partition coefficient (Wildman–Crippen LogP) is 14.9. The summed E-state index contributed by atoms with van der Waals surface area (Å²) in [4.78, 5) is 98.9. The number of nitrogens with two attached hydrogens (primary N) is 1. The first kappa shape index (κ1) is 86.6. The molecule has 578 valence electrons. The van der Waals surface area contributed by atoms with E-state index in [1.165, 1.54) is 30.3 Å². The average molecular weight is 1640 g/mol. The number of carbonyl (C=O) groups excluding carboxylic acids is 6. The van der Waals surface area contributed by atoms with Crippen molar-refractivity contribution in [3.05, 3.63) is 257 Å². The summed E-state index contributed by atoms with van der Waals surface area (Å²) in [7, 11) is 0. The number of alkyl halides is 1. The Labute approximate surface area is 662 Å². The summed E-state index contributed by atoms with van der Waals surface area (Å²) >= 11 is 27.0. The van der Waals surface area contributed by atoms with E-state index in [1.807, 2.05) is 125 Å². The molecule has 0 saturated heterocycles. The lowest BCUT2D eigenvalue weighted by Crippen LogP contribution is -2.56. The molecule has 3 amide bonds. The van der Waals surface area contributed by atoms with E-state index in [-0.39, 0.29) is 88.2 Å². The van der Waals surface area contributed by atoms with Crippen LogP contribution >= 0.6 is 62.3 Å². The number of carboxylic acids is 2. The fourth-order valence-corrected chi connectivity index (χ4v) is 13.4. The molecule has 26 heteroatoms. The van der Waals surface area contributed by atoms with Gasteiger partial charge >= 0.3 is 29.8 Å². The maximum Gasteiger partial charge on any atom is 0.339 e. The molecule has 0 unspecified atom stereocenters. The number of ether oxygens (including phenoxy) is 5. The highest BCUT2D eigenvalue weighted by molar-refractivity contribution is 9.09. The van der Waals surface area contributed by atoms with Crippen LogP contribution in [0.25, 0.3) is 0 Å². The number of phenolic OH excluding ortho intramolecular Hbond substituents is 1. The smallest absolute Gasteiger partial charge is 0.339 e. The number of halogens is 5. The minimum Gasteiger partial charge on any atom is -0.506 e. The van der Waals surface area contributed by atoms with Gasteiger partial charge in [0.05, 0.1) is 68.8 Å². The first-order valence-electron chi connectivity index (χ1n) is 35.2. The number of aliphatic carboxylic acids is 1. The van der Waals surface area contributed by atoms with Crippen LogP contribution in [0.1, 0.15) is 148 Å². The third-order valence-electron chi connectivity index (χ3n) is 17.5. The number of benzene rings is 8. The number of esters is 3. The number of aromatic hydroxyl groups is 2. The lowest BCUT2D eigenvalue weighted by Gasteiger charge is -2.28. The van der Waals surface area contributed by atoms with E-state index in [4.69, 9.17) is 86.0 Å². The predicted molar refractivity (Wildman–Crippen MR) is 422 cm³/mol. The summed E-state index contributed by atoms with van der Waals surface area (Å²) in [5.74, 6) is -5.09. The highest BCUT2D eigenvalue weighted by atomic mass is 79.9. The topological polar surface area (TPSA) is 326 Å². The van der Waals surface area contributed by atoms with Crippen LogP contribution in [0.4, 0.5) is 0 Å². The van der Waals surface area contributed by atoms with E-state index in [2.05, 4.69) is 45.7 Å². The third-order valence-corrected chi connectivity index (χ3v) is 18.7. The van der Waals surface area contributed by atoms with Crippen molar-refractivity contribution in [2.75, 3.05) is 19.8 Å². The second-order valence-corrected chi connectivity index (χ2v) is 30.3. The number of para-hydroxylation sites is 4. The summed E-state index contributed by atoms with van der Waals surface area (Å²) in [5.41, 5.74) is 10.1.